The van der Waals surface area contributed by atoms with Crippen molar-refractivity contribution in [3.8, 4) is 23.4 Å². The molecule has 28 heavy (non-hydrogen) atoms. The van der Waals surface area contributed by atoms with Crippen LogP contribution in [0.15, 0.2) is 29.7 Å². The highest BCUT2D eigenvalue weighted by Gasteiger charge is 2.35. The van der Waals surface area contributed by atoms with Crippen molar-refractivity contribution < 1.29 is 18.9 Å². The van der Waals surface area contributed by atoms with Gasteiger partial charge in [0.2, 0.25) is 11.8 Å². The summed E-state index contributed by atoms with van der Waals surface area (Å²) >= 11 is 0. The molecular weight excluding hydrogens is 360 g/mol. The molecule has 0 amide bonds. The van der Waals surface area contributed by atoms with Crippen LogP contribution in [0.3, 0.4) is 0 Å². The van der Waals surface area contributed by atoms with Crippen LogP contribution in [0.5, 0.6) is 17.4 Å². The van der Waals surface area contributed by atoms with Gasteiger partial charge >= 0.3 is 0 Å². The standard InChI is InChI=1S/C20H24N4O4/c1-4-8-27-15-7-6-12(9-16(15)26-5-2)17-13(10-21)19(22)28-20-18(17)14(11-25-3)23-24-20/h6-7,9,17H,4-5,8,11,22H2,1-3H3,(H,23,24). The second-order valence-corrected chi connectivity index (χ2v) is 6.27. The molecule has 8 heteroatoms. The third-order valence-electron chi connectivity index (χ3n) is 4.37. The molecule has 148 valence electrons. The highest BCUT2D eigenvalue weighted by molar-refractivity contribution is 5.57. The summed E-state index contributed by atoms with van der Waals surface area (Å²) < 4.78 is 22.4. The lowest BCUT2D eigenvalue weighted by Crippen LogP contribution is -2.21. The number of ether oxygens (including phenoxy) is 4. The molecule has 2 heterocycles. The van der Waals surface area contributed by atoms with Crippen LogP contribution in [0.2, 0.25) is 0 Å². The van der Waals surface area contributed by atoms with Gasteiger partial charge in [0.05, 0.1) is 37.0 Å². The Kier molecular flexibility index (Phi) is 6.06. The maximum atomic E-state index is 9.73. The first-order valence-electron chi connectivity index (χ1n) is 9.17. The second kappa shape index (κ2) is 8.67. The van der Waals surface area contributed by atoms with Gasteiger partial charge in [0, 0.05) is 7.11 Å². The number of nitrogens with zero attached hydrogens (tertiary/aromatic N) is 2. The predicted molar refractivity (Wildman–Crippen MR) is 102 cm³/mol. The first-order valence-corrected chi connectivity index (χ1v) is 9.17. The van der Waals surface area contributed by atoms with Gasteiger partial charge < -0.3 is 24.7 Å². The van der Waals surface area contributed by atoms with Crippen LogP contribution in [0.25, 0.3) is 0 Å². The molecule has 8 nitrogen and oxygen atoms in total. The van der Waals surface area contributed by atoms with E-state index in [0.29, 0.717) is 42.8 Å². The molecule has 0 bridgehead atoms. The van der Waals surface area contributed by atoms with Crippen molar-refractivity contribution in [2.24, 2.45) is 5.73 Å². The molecule has 3 N–H and O–H groups in total. The summed E-state index contributed by atoms with van der Waals surface area (Å²) in [7, 11) is 1.59. The molecule has 0 radical (unpaired) electrons. The zero-order valence-corrected chi connectivity index (χ0v) is 16.2. The van der Waals surface area contributed by atoms with Crippen molar-refractivity contribution in [2.45, 2.75) is 32.8 Å². The Labute approximate surface area is 163 Å². The number of nitrogens with two attached hydrogens (primary N) is 1. The van der Waals surface area contributed by atoms with E-state index in [9.17, 15) is 5.26 Å². The van der Waals surface area contributed by atoms with E-state index in [-0.39, 0.29) is 5.88 Å². The SMILES string of the molecule is CCCOc1ccc(C2C(C#N)=C(N)Oc3n[nH]c(COC)c32)cc1OCC. The molecule has 3 rings (SSSR count). The van der Waals surface area contributed by atoms with Crippen LogP contribution in [0, 0.1) is 11.3 Å². The first-order chi connectivity index (χ1) is 13.6. The molecule has 1 aliphatic heterocycles. The predicted octanol–water partition coefficient (Wildman–Crippen LogP) is 2.96. The summed E-state index contributed by atoms with van der Waals surface area (Å²) in [6, 6.07) is 7.81. The maximum Gasteiger partial charge on any atom is 0.244 e. The normalized spacial score (nSPS) is 15.6. The summed E-state index contributed by atoms with van der Waals surface area (Å²) in [6.07, 6.45) is 0.893. The number of aromatic nitrogens is 2. The van der Waals surface area contributed by atoms with Gasteiger partial charge in [0.15, 0.2) is 11.5 Å². The lowest BCUT2D eigenvalue weighted by Gasteiger charge is -2.24. The van der Waals surface area contributed by atoms with Crippen LogP contribution < -0.4 is 19.9 Å². The number of allylic oxidation sites excluding steroid dienone is 1. The molecular formula is C20H24N4O4. The van der Waals surface area contributed by atoms with E-state index >= 15 is 0 Å². The summed E-state index contributed by atoms with van der Waals surface area (Å²) in [5.41, 5.74) is 8.61. The first kappa shape index (κ1) is 19.6. The highest BCUT2D eigenvalue weighted by atomic mass is 16.5. The van der Waals surface area contributed by atoms with Gasteiger partial charge in [-0.15, -0.1) is 5.10 Å². The number of benzene rings is 1. The van der Waals surface area contributed by atoms with Crippen molar-refractivity contribution in [3.05, 3.63) is 46.5 Å². The Morgan fingerprint density at radius 3 is 2.79 bits per heavy atom. The van der Waals surface area contributed by atoms with E-state index in [2.05, 4.69) is 16.3 Å². The molecule has 0 spiro atoms. The second-order valence-electron chi connectivity index (χ2n) is 6.27. The lowest BCUT2D eigenvalue weighted by molar-refractivity contribution is 0.180. The fourth-order valence-electron chi connectivity index (χ4n) is 3.20. The quantitative estimate of drug-likeness (QED) is 0.719. The van der Waals surface area contributed by atoms with Crippen molar-refractivity contribution in [1.82, 2.24) is 10.2 Å². The molecule has 1 unspecified atom stereocenters. The smallest absolute Gasteiger partial charge is 0.244 e. The van der Waals surface area contributed by atoms with E-state index in [0.717, 1.165) is 23.2 Å². The summed E-state index contributed by atoms with van der Waals surface area (Å²) in [4.78, 5) is 0. The van der Waals surface area contributed by atoms with Gasteiger partial charge in [0.1, 0.15) is 11.6 Å². The van der Waals surface area contributed by atoms with Crippen molar-refractivity contribution >= 4 is 0 Å². The summed E-state index contributed by atoms with van der Waals surface area (Å²) in [5.74, 6) is 1.23. The third-order valence-corrected chi connectivity index (χ3v) is 4.37. The number of nitrogens with one attached hydrogen (secondary N) is 1. The van der Waals surface area contributed by atoms with Crippen LogP contribution in [-0.4, -0.2) is 30.5 Å². The highest BCUT2D eigenvalue weighted by Crippen LogP contribution is 2.44. The van der Waals surface area contributed by atoms with Crippen LogP contribution in [-0.2, 0) is 11.3 Å². The maximum absolute atomic E-state index is 9.73. The van der Waals surface area contributed by atoms with E-state index < -0.39 is 5.92 Å². The number of aromatic amines is 1. The van der Waals surface area contributed by atoms with Crippen LogP contribution in [0.4, 0.5) is 0 Å². The topological polar surface area (TPSA) is 115 Å². The van der Waals surface area contributed by atoms with Gasteiger partial charge in [-0.1, -0.05) is 13.0 Å². The molecule has 1 aromatic carbocycles. The fourth-order valence-corrected chi connectivity index (χ4v) is 3.20. The summed E-state index contributed by atoms with van der Waals surface area (Å²) in [5, 5.41) is 16.8. The van der Waals surface area contributed by atoms with E-state index in [4.69, 9.17) is 24.7 Å². The molecule has 1 aliphatic rings. The summed E-state index contributed by atoms with van der Waals surface area (Å²) in [6.45, 7) is 5.35. The van der Waals surface area contributed by atoms with E-state index in [1.54, 1.807) is 7.11 Å². The van der Waals surface area contributed by atoms with E-state index in [1.165, 1.54) is 0 Å². The van der Waals surface area contributed by atoms with Gasteiger partial charge in [-0.2, -0.15) is 5.26 Å². The molecule has 0 aliphatic carbocycles. The van der Waals surface area contributed by atoms with Gasteiger partial charge in [-0.05, 0) is 31.0 Å². The minimum Gasteiger partial charge on any atom is -0.490 e. The molecule has 0 saturated carbocycles. The fraction of sp³-hybridized carbons (Fsp3) is 0.400. The Morgan fingerprint density at radius 2 is 2.11 bits per heavy atom. The Bertz CT molecular complexity index is 913. The molecule has 0 fully saturated rings. The number of methoxy groups -OCH3 is 1. The average Bonchev–Trinajstić information content (AvgIpc) is 3.08. The zero-order chi connectivity index (χ0) is 20.1. The van der Waals surface area contributed by atoms with Crippen molar-refractivity contribution in [3.63, 3.8) is 0 Å². The number of rotatable bonds is 8. The lowest BCUT2D eigenvalue weighted by atomic mass is 9.84. The Morgan fingerprint density at radius 1 is 1.29 bits per heavy atom. The number of fused-ring (bicyclic) bond motifs is 1. The largest absolute Gasteiger partial charge is 0.490 e. The van der Waals surface area contributed by atoms with Crippen LogP contribution >= 0.6 is 0 Å². The Balaban J connectivity index is 2.12. The van der Waals surface area contributed by atoms with Crippen LogP contribution in [0.1, 0.15) is 43.0 Å². The van der Waals surface area contributed by atoms with Crippen molar-refractivity contribution in [2.75, 3.05) is 20.3 Å². The van der Waals surface area contributed by atoms with Gasteiger partial charge in [-0.25, -0.2) is 0 Å². The number of hydrogen-bond acceptors (Lipinski definition) is 7. The number of H-pyrrole nitrogens is 1. The number of nitriles is 1. The molecule has 1 atom stereocenters. The minimum atomic E-state index is -0.447. The molecule has 2 aromatic rings. The third kappa shape index (κ3) is 3.62. The van der Waals surface area contributed by atoms with Crippen molar-refractivity contribution in [1.29, 1.82) is 5.26 Å². The Hall–Kier alpha value is -3.18. The number of hydrogen-bond donors (Lipinski definition) is 2. The molecule has 1 aromatic heterocycles. The van der Waals surface area contributed by atoms with Gasteiger partial charge in [0.25, 0.3) is 0 Å². The average molecular weight is 384 g/mol. The van der Waals surface area contributed by atoms with E-state index in [1.807, 2.05) is 32.0 Å². The monoisotopic (exact) mass is 384 g/mol. The van der Waals surface area contributed by atoms with Gasteiger partial charge in [-0.3, -0.25) is 5.10 Å². The minimum absolute atomic E-state index is 0.0414. The zero-order valence-electron chi connectivity index (χ0n) is 16.2. The molecule has 0 saturated heterocycles.